The van der Waals surface area contributed by atoms with Gasteiger partial charge in [-0.25, -0.2) is 0 Å². The Morgan fingerprint density at radius 2 is 1.92 bits per heavy atom. The van der Waals surface area contributed by atoms with Crippen molar-refractivity contribution in [1.29, 1.82) is 0 Å². The molecule has 0 N–H and O–H groups in total. The lowest BCUT2D eigenvalue weighted by Crippen LogP contribution is -2.55. The molecule has 0 saturated heterocycles. The molecule has 0 heterocycles. The lowest BCUT2D eigenvalue weighted by molar-refractivity contribution is -0.156. The Kier molecular flexibility index (Phi) is 3.69. The first kappa shape index (κ1) is 16.9. The average Bonchev–Trinajstić information content (AvgIpc) is 2.89. The third kappa shape index (κ3) is 2.06. The van der Waals surface area contributed by atoms with Crippen LogP contribution in [0.15, 0.2) is 11.6 Å². The van der Waals surface area contributed by atoms with E-state index in [1.165, 1.54) is 5.57 Å². The standard InChI is InChI=1S/C22H28O3/c1-4-22(25-14-23)12-9-19-17-6-5-15-13-16(24)7-10-20(15,2)18(17)8-11-21(19,22)3/h1,13-14,17-19H,5-12H2,2-3H3/t17-,18-,19+,20+,21+,22?/m1/s1. The van der Waals surface area contributed by atoms with Gasteiger partial charge in [0.25, 0.3) is 6.47 Å². The van der Waals surface area contributed by atoms with E-state index in [-0.39, 0.29) is 10.8 Å². The number of fused-ring (bicyclic) bond motifs is 5. The molecule has 4 aliphatic carbocycles. The van der Waals surface area contributed by atoms with Gasteiger partial charge in [-0.3, -0.25) is 9.59 Å². The molecule has 25 heavy (non-hydrogen) atoms. The zero-order valence-corrected chi connectivity index (χ0v) is 15.3. The first-order valence-electron chi connectivity index (χ1n) is 9.73. The SMILES string of the molecule is C#CC1(OC=O)CC[C@H]2[C@@H]3CCC4=CC(=O)CC[C@]4(C)[C@@H]3CC[C@@]21C. The first-order chi connectivity index (χ1) is 11.9. The molecule has 4 rings (SSSR count). The molecule has 1 unspecified atom stereocenters. The Morgan fingerprint density at radius 1 is 1.16 bits per heavy atom. The van der Waals surface area contributed by atoms with Gasteiger partial charge in [-0.1, -0.05) is 25.3 Å². The summed E-state index contributed by atoms with van der Waals surface area (Å²) in [6, 6.07) is 0. The van der Waals surface area contributed by atoms with Gasteiger partial charge in [0.2, 0.25) is 0 Å². The smallest absolute Gasteiger partial charge is 0.294 e. The van der Waals surface area contributed by atoms with Crippen molar-refractivity contribution in [2.45, 2.75) is 70.8 Å². The molecule has 3 heteroatoms. The summed E-state index contributed by atoms with van der Waals surface area (Å²) in [6.45, 7) is 5.19. The summed E-state index contributed by atoms with van der Waals surface area (Å²) < 4.78 is 5.56. The van der Waals surface area contributed by atoms with Crippen molar-refractivity contribution >= 4 is 12.3 Å². The summed E-state index contributed by atoms with van der Waals surface area (Å²) in [5.41, 5.74) is 0.708. The normalized spacial score (nSPS) is 48.4. The van der Waals surface area contributed by atoms with Gasteiger partial charge in [-0.2, -0.15) is 0 Å². The van der Waals surface area contributed by atoms with Crippen molar-refractivity contribution in [3.63, 3.8) is 0 Å². The van der Waals surface area contributed by atoms with E-state index in [0.717, 1.165) is 44.9 Å². The fraction of sp³-hybridized carbons (Fsp3) is 0.727. The van der Waals surface area contributed by atoms with Gasteiger partial charge in [0.15, 0.2) is 11.4 Å². The number of hydrogen-bond acceptors (Lipinski definition) is 3. The number of rotatable bonds is 2. The molecule has 3 saturated carbocycles. The zero-order valence-electron chi connectivity index (χ0n) is 15.3. The van der Waals surface area contributed by atoms with Gasteiger partial charge in [-0.05, 0) is 74.2 Å². The fourth-order valence-corrected chi connectivity index (χ4v) is 7.10. The first-order valence-corrected chi connectivity index (χ1v) is 9.73. The van der Waals surface area contributed by atoms with Crippen LogP contribution in [0, 0.1) is 40.9 Å². The summed E-state index contributed by atoms with van der Waals surface area (Å²) in [4.78, 5) is 23.0. The van der Waals surface area contributed by atoms with Crippen LogP contribution in [-0.4, -0.2) is 17.9 Å². The number of carbonyl (C=O) groups excluding carboxylic acids is 2. The molecule has 0 aromatic rings. The topological polar surface area (TPSA) is 43.4 Å². The van der Waals surface area contributed by atoms with E-state index in [0.29, 0.717) is 36.4 Å². The number of ether oxygens (including phenoxy) is 1. The van der Waals surface area contributed by atoms with E-state index in [1.807, 2.05) is 6.08 Å². The summed E-state index contributed by atoms with van der Waals surface area (Å²) in [6.07, 6.45) is 15.6. The molecule has 0 spiro atoms. The highest BCUT2D eigenvalue weighted by molar-refractivity contribution is 5.91. The molecule has 3 nitrogen and oxygen atoms in total. The highest BCUT2D eigenvalue weighted by Gasteiger charge is 2.65. The molecule has 4 aliphatic rings. The second-order valence-corrected chi connectivity index (χ2v) is 9.15. The minimum atomic E-state index is -0.732. The van der Waals surface area contributed by atoms with Gasteiger partial charge >= 0.3 is 0 Å². The van der Waals surface area contributed by atoms with Crippen molar-refractivity contribution in [1.82, 2.24) is 0 Å². The summed E-state index contributed by atoms with van der Waals surface area (Å²) in [5.74, 6) is 4.94. The van der Waals surface area contributed by atoms with Crippen LogP contribution in [0.3, 0.4) is 0 Å². The molecule has 6 atom stereocenters. The van der Waals surface area contributed by atoms with Gasteiger partial charge in [0.1, 0.15) is 0 Å². The maximum absolute atomic E-state index is 11.9. The van der Waals surface area contributed by atoms with Crippen LogP contribution in [0.4, 0.5) is 0 Å². The number of carbonyl (C=O) groups is 2. The zero-order chi connectivity index (χ0) is 17.9. The highest BCUT2D eigenvalue weighted by atomic mass is 16.5. The monoisotopic (exact) mass is 340 g/mol. The van der Waals surface area contributed by atoms with Crippen molar-refractivity contribution in [3.05, 3.63) is 11.6 Å². The maximum atomic E-state index is 11.9. The van der Waals surface area contributed by atoms with Crippen LogP contribution < -0.4 is 0 Å². The van der Waals surface area contributed by atoms with Crippen LogP contribution in [0.5, 0.6) is 0 Å². The molecule has 0 aliphatic heterocycles. The molecule has 134 valence electrons. The molecule has 0 amide bonds. The minimum absolute atomic E-state index is 0.119. The van der Waals surface area contributed by atoms with E-state index in [9.17, 15) is 9.59 Å². The van der Waals surface area contributed by atoms with Crippen LogP contribution in [0.1, 0.15) is 65.2 Å². The predicted molar refractivity (Wildman–Crippen MR) is 95.4 cm³/mol. The molecular formula is C22H28O3. The Morgan fingerprint density at radius 3 is 2.64 bits per heavy atom. The van der Waals surface area contributed by atoms with E-state index in [4.69, 9.17) is 11.2 Å². The van der Waals surface area contributed by atoms with Gasteiger partial charge < -0.3 is 4.74 Å². The molecule has 0 radical (unpaired) electrons. The second-order valence-electron chi connectivity index (χ2n) is 9.15. The van der Waals surface area contributed by atoms with Crippen LogP contribution in [0.2, 0.25) is 0 Å². The number of terminal acetylenes is 1. The summed E-state index contributed by atoms with van der Waals surface area (Å²) in [7, 11) is 0. The number of hydrogen-bond donors (Lipinski definition) is 0. The lowest BCUT2D eigenvalue weighted by atomic mass is 9.46. The molecule has 0 aromatic heterocycles. The number of ketones is 1. The molecule has 0 bridgehead atoms. The van der Waals surface area contributed by atoms with Crippen molar-refractivity contribution in [3.8, 4) is 12.3 Å². The van der Waals surface area contributed by atoms with Gasteiger partial charge in [0.05, 0.1) is 0 Å². The Labute approximate surface area is 150 Å². The predicted octanol–water partition coefficient (Wildman–Crippen LogP) is 4.06. The van der Waals surface area contributed by atoms with Crippen molar-refractivity contribution in [2.24, 2.45) is 28.6 Å². The maximum Gasteiger partial charge on any atom is 0.294 e. The van der Waals surface area contributed by atoms with E-state index >= 15 is 0 Å². The van der Waals surface area contributed by atoms with Crippen LogP contribution in [0.25, 0.3) is 0 Å². The van der Waals surface area contributed by atoms with Crippen LogP contribution in [-0.2, 0) is 14.3 Å². The fourth-order valence-electron chi connectivity index (χ4n) is 7.10. The quantitative estimate of drug-likeness (QED) is 0.562. The Bertz CT molecular complexity index is 686. The van der Waals surface area contributed by atoms with Crippen LogP contribution >= 0.6 is 0 Å². The van der Waals surface area contributed by atoms with Gasteiger partial charge in [0, 0.05) is 11.8 Å². The van der Waals surface area contributed by atoms with Crippen molar-refractivity contribution in [2.75, 3.05) is 0 Å². The second kappa shape index (κ2) is 5.47. The Hall–Kier alpha value is -1.56. The van der Waals surface area contributed by atoms with E-state index < -0.39 is 5.60 Å². The molecular weight excluding hydrogens is 312 g/mol. The molecule has 3 fully saturated rings. The third-order valence-electron chi connectivity index (χ3n) is 8.56. The van der Waals surface area contributed by atoms with Crippen molar-refractivity contribution < 1.29 is 14.3 Å². The third-order valence-corrected chi connectivity index (χ3v) is 8.56. The average molecular weight is 340 g/mol. The number of allylic oxidation sites excluding steroid dienone is 1. The summed E-state index contributed by atoms with van der Waals surface area (Å²) in [5, 5.41) is 0. The van der Waals surface area contributed by atoms with Gasteiger partial charge in [-0.15, -0.1) is 6.42 Å². The minimum Gasteiger partial charge on any atom is -0.447 e. The van der Waals surface area contributed by atoms with E-state index in [2.05, 4.69) is 19.8 Å². The largest absolute Gasteiger partial charge is 0.447 e. The van der Waals surface area contributed by atoms with E-state index in [1.54, 1.807) is 0 Å². The molecule has 0 aromatic carbocycles. The summed E-state index contributed by atoms with van der Waals surface area (Å²) >= 11 is 0. The highest BCUT2D eigenvalue weighted by Crippen LogP contribution is 2.67. The Balaban J connectivity index is 1.69. The lowest BCUT2D eigenvalue weighted by Gasteiger charge is -2.58.